The van der Waals surface area contributed by atoms with Crippen LogP contribution in [-0.4, -0.2) is 87.5 Å². The van der Waals surface area contributed by atoms with E-state index in [1.165, 1.54) is 0 Å². The third-order valence-corrected chi connectivity index (χ3v) is 6.62. The van der Waals surface area contributed by atoms with Crippen molar-refractivity contribution in [3.63, 3.8) is 0 Å². The Kier molecular flexibility index (Phi) is 5.20. The van der Waals surface area contributed by atoms with Crippen molar-refractivity contribution < 1.29 is 14.3 Å². The lowest BCUT2D eigenvalue weighted by Crippen LogP contribution is -2.73. The Morgan fingerprint density at radius 3 is 2.41 bits per heavy atom. The summed E-state index contributed by atoms with van der Waals surface area (Å²) in [5, 5.41) is 9.57. The van der Waals surface area contributed by atoms with Crippen molar-refractivity contribution in [3.8, 4) is 5.69 Å². The van der Waals surface area contributed by atoms with Crippen LogP contribution in [0.4, 0.5) is 15.5 Å². The van der Waals surface area contributed by atoms with Crippen molar-refractivity contribution in [2.45, 2.75) is 39.5 Å². The van der Waals surface area contributed by atoms with Crippen molar-refractivity contribution >= 4 is 29.7 Å². The highest BCUT2D eigenvalue weighted by atomic mass is 35.5. The van der Waals surface area contributed by atoms with E-state index in [0.29, 0.717) is 37.0 Å². The van der Waals surface area contributed by atoms with Crippen LogP contribution in [0.3, 0.4) is 0 Å². The standard InChI is InChI=1S/C23H30ClN7O3/c1-22(2,3)34-21(33)30-13-23(14-30)11-29(12-23)19-26-25-18-10-28(20(32)27(4)5)9-15-8-16(24)6-7-17(15)31(18)19/h6-8H,9-14H2,1-5H3. The van der Waals surface area contributed by atoms with Crippen LogP contribution in [0.2, 0.25) is 5.02 Å². The van der Waals surface area contributed by atoms with E-state index < -0.39 is 5.60 Å². The quantitative estimate of drug-likeness (QED) is 0.614. The lowest BCUT2D eigenvalue weighted by atomic mass is 9.73. The van der Waals surface area contributed by atoms with E-state index in [0.717, 1.165) is 30.3 Å². The fraction of sp³-hybridized carbons (Fsp3) is 0.565. The molecule has 3 amide bonds. The Morgan fingerprint density at radius 2 is 1.76 bits per heavy atom. The smallest absolute Gasteiger partial charge is 0.410 e. The van der Waals surface area contributed by atoms with Crippen LogP contribution in [0.15, 0.2) is 18.2 Å². The molecule has 1 aromatic carbocycles. The molecule has 2 saturated heterocycles. The number of ether oxygens (including phenoxy) is 1. The minimum Gasteiger partial charge on any atom is -0.444 e. The number of rotatable bonds is 1. The maximum absolute atomic E-state index is 12.8. The number of nitrogens with zero attached hydrogens (tertiary/aromatic N) is 7. The summed E-state index contributed by atoms with van der Waals surface area (Å²) in [6.45, 7) is 9.34. The van der Waals surface area contributed by atoms with Gasteiger partial charge in [-0.05, 0) is 44.5 Å². The fourth-order valence-electron chi connectivity index (χ4n) is 4.93. The maximum Gasteiger partial charge on any atom is 0.410 e. The van der Waals surface area contributed by atoms with Crippen molar-refractivity contribution in [2.24, 2.45) is 5.41 Å². The van der Waals surface area contributed by atoms with E-state index in [1.807, 2.05) is 43.5 Å². The molecule has 0 bridgehead atoms. The normalized spacial score (nSPS) is 18.5. The second-order valence-electron chi connectivity index (χ2n) is 10.8. The summed E-state index contributed by atoms with van der Waals surface area (Å²) in [5.41, 5.74) is 1.43. The molecule has 34 heavy (non-hydrogen) atoms. The SMILES string of the molecule is CN(C)C(=O)N1Cc2cc(Cl)ccc2-n2c(nnc2N2CC3(CN(C(=O)OC(C)(C)C)C3)C2)C1. The molecule has 0 atom stereocenters. The number of carbonyl (C=O) groups excluding carboxylic acids is 2. The first-order chi connectivity index (χ1) is 15.9. The van der Waals surface area contributed by atoms with Crippen LogP contribution in [0.5, 0.6) is 0 Å². The topological polar surface area (TPSA) is 87.0 Å². The van der Waals surface area contributed by atoms with Gasteiger partial charge < -0.3 is 24.3 Å². The van der Waals surface area contributed by atoms with E-state index in [-0.39, 0.29) is 17.5 Å². The van der Waals surface area contributed by atoms with Crippen LogP contribution in [0.25, 0.3) is 5.69 Å². The molecule has 11 heteroatoms. The average Bonchev–Trinajstić information content (AvgIpc) is 2.99. The Labute approximate surface area is 204 Å². The highest BCUT2D eigenvalue weighted by molar-refractivity contribution is 6.30. The van der Waals surface area contributed by atoms with E-state index in [2.05, 4.69) is 15.1 Å². The van der Waals surface area contributed by atoms with Crippen molar-refractivity contribution in [1.29, 1.82) is 0 Å². The predicted octanol–water partition coefficient (Wildman–Crippen LogP) is 2.98. The summed E-state index contributed by atoms with van der Waals surface area (Å²) in [5.74, 6) is 1.45. The van der Waals surface area contributed by atoms with Crippen molar-refractivity contribution in [1.82, 2.24) is 29.5 Å². The molecular formula is C23H30ClN7O3. The molecule has 1 spiro atoms. The van der Waals surface area contributed by atoms with Crippen molar-refractivity contribution in [3.05, 3.63) is 34.6 Å². The molecule has 2 aromatic rings. The number of amides is 3. The molecule has 0 N–H and O–H groups in total. The number of hydrogen-bond acceptors (Lipinski definition) is 6. The monoisotopic (exact) mass is 487 g/mol. The first-order valence-electron chi connectivity index (χ1n) is 11.4. The number of likely N-dealkylation sites (tertiary alicyclic amines) is 1. The average molecular weight is 488 g/mol. The molecule has 0 saturated carbocycles. The zero-order valence-corrected chi connectivity index (χ0v) is 21.0. The Hall–Kier alpha value is -3.01. The first kappa shape index (κ1) is 22.8. The minimum atomic E-state index is -0.497. The number of carbonyl (C=O) groups is 2. The van der Waals surface area contributed by atoms with Gasteiger partial charge in [0.05, 0.1) is 18.8 Å². The summed E-state index contributed by atoms with van der Waals surface area (Å²) in [6, 6.07) is 5.61. The number of urea groups is 1. The van der Waals surface area contributed by atoms with E-state index in [4.69, 9.17) is 16.3 Å². The summed E-state index contributed by atoms with van der Waals surface area (Å²) in [7, 11) is 3.47. The second-order valence-corrected chi connectivity index (χ2v) is 11.2. The number of hydrogen-bond donors (Lipinski definition) is 0. The van der Waals surface area contributed by atoms with Gasteiger partial charge in [0.25, 0.3) is 0 Å². The van der Waals surface area contributed by atoms with Gasteiger partial charge in [-0.1, -0.05) is 11.6 Å². The highest BCUT2D eigenvalue weighted by Gasteiger charge is 2.55. The summed E-state index contributed by atoms with van der Waals surface area (Å²) < 4.78 is 7.52. The fourth-order valence-corrected chi connectivity index (χ4v) is 5.13. The van der Waals surface area contributed by atoms with Crippen molar-refractivity contribution in [2.75, 3.05) is 45.2 Å². The van der Waals surface area contributed by atoms with Gasteiger partial charge in [-0.2, -0.15) is 0 Å². The van der Waals surface area contributed by atoms with E-state index in [9.17, 15) is 9.59 Å². The van der Waals surface area contributed by atoms with Gasteiger partial charge in [-0.3, -0.25) is 4.57 Å². The lowest BCUT2D eigenvalue weighted by molar-refractivity contribution is -0.0457. The van der Waals surface area contributed by atoms with Crippen LogP contribution in [0.1, 0.15) is 32.2 Å². The molecule has 4 heterocycles. The largest absolute Gasteiger partial charge is 0.444 e. The molecule has 0 aliphatic carbocycles. The van der Waals surface area contributed by atoms with Gasteiger partial charge in [0, 0.05) is 50.7 Å². The second kappa shape index (κ2) is 7.76. The number of benzene rings is 1. The Bertz CT molecular complexity index is 1140. The molecule has 10 nitrogen and oxygen atoms in total. The minimum absolute atomic E-state index is 0.0593. The molecular weight excluding hydrogens is 458 g/mol. The predicted molar refractivity (Wildman–Crippen MR) is 127 cm³/mol. The molecule has 0 radical (unpaired) electrons. The number of halogens is 1. The molecule has 0 unspecified atom stereocenters. The molecule has 1 aromatic heterocycles. The van der Waals surface area contributed by atoms with Gasteiger partial charge >= 0.3 is 12.1 Å². The Morgan fingerprint density at radius 1 is 1.06 bits per heavy atom. The molecule has 2 fully saturated rings. The van der Waals surface area contributed by atoms with Gasteiger partial charge in [0.2, 0.25) is 5.95 Å². The maximum atomic E-state index is 12.8. The van der Waals surface area contributed by atoms with Crippen LogP contribution >= 0.6 is 11.6 Å². The number of fused-ring (bicyclic) bond motifs is 3. The summed E-state index contributed by atoms with van der Waals surface area (Å²) in [6.07, 6.45) is -0.260. The molecule has 3 aliphatic heterocycles. The summed E-state index contributed by atoms with van der Waals surface area (Å²) in [4.78, 5) is 32.3. The molecule has 3 aliphatic rings. The van der Waals surface area contributed by atoms with Gasteiger partial charge in [0.15, 0.2) is 5.82 Å². The highest BCUT2D eigenvalue weighted by Crippen LogP contribution is 2.43. The molecule has 5 rings (SSSR count). The number of anilines is 1. The Balaban J connectivity index is 1.36. The van der Waals surface area contributed by atoms with Crippen LogP contribution in [-0.2, 0) is 17.8 Å². The number of aromatic nitrogens is 3. The lowest BCUT2D eigenvalue weighted by Gasteiger charge is -2.59. The zero-order valence-electron chi connectivity index (χ0n) is 20.2. The first-order valence-corrected chi connectivity index (χ1v) is 11.7. The van der Waals surface area contributed by atoms with Gasteiger partial charge in [-0.25, -0.2) is 9.59 Å². The van der Waals surface area contributed by atoms with Crippen LogP contribution in [0, 0.1) is 5.41 Å². The molecule has 182 valence electrons. The third kappa shape index (κ3) is 3.93. The van der Waals surface area contributed by atoms with Gasteiger partial charge in [0.1, 0.15) is 5.60 Å². The van der Waals surface area contributed by atoms with E-state index >= 15 is 0 Å². The summed E-state index contributed by atoms with van der Waals surface area (Å²) >= 11 is 6.30. The van der Waals surface area contributed by atoms with Gasteiger partial charge in [-0.15, -0.1) is 10.2 Å². The van der Waals surface area contributed by atoms with E-state index in [1.54, 1.807) is 28.8 Å². The third-order valence-electron chi connectivity index (χ3n) is 6.38. The zero-order chi connectivity index (χ0) is 24.4. The van der Waals surface area contributed by atoms with Crippen LogP contribution < -0.4 is 4.90 Å².